The molecule has 8 heavy (non-hydrogen) atoms. The van der Waals surface area contributed by atoms with Crippen molar-refractivity contribution in [1.29, 1.82) is 0 Å². The summed E-state index contributed by atoms with van der Waals surface area (Å²) in [5.74, 6) is 1.31. The van der Waals surface area contributed by atoms with Gasteiger partial charge in [0.2, 0.25) is 7.41 Å². The zero-order valence-electron chi connectivity index (χ0n) is 6.02. The molecule has 2 unspecified atom stereocenters. The van der Waals surface area contributed by atoms with E-state index in [1.165, 1.54) is 6.42 Å². The van der Waals surface area contributed by atoms with Gasteiger partial charge in [-0.15, -0.1) is 0 Å². The summed E-state index contributed by atoms with van der Waals surface area (Å²) in [4.78, 5) is 0. The maximum absolute atomic E-state index is 5.32. The topological polar surface area (TPSA) is 26.0 Å². The Balaban J connectivity index is 3.29. The summed E-state index contributed by atoms with van der Waals surface area (Å²) in [5, 5.41) is 0. The fraction of sp³-hybridized carbons (Fsp3) is 1.00. The summed E-state index contributed by atoms with van der Waals surface area (Å²) < 4.78 is 0. The first kappa shape index (κ1) is 8.02. The van der Waals surface area contributed by atoms with Crippen LogP contribution >= 0.6 is 0 Å². The molecular weight excluding hydrogens is 96.9 g/mol. The molecule has 0 aliphatic rings. The van der Waals surface area contributed by atoms with Crippen molar-refractivity contribution in [2.24, 2.45) is 11.6 Å². The molecular formula is C6H15BN. The largest absolute Gasteiger partial charge is 0.374 e. The summed E-state index contributed by atoms with van der Waals surface area (Å²) >= 11 is 0. The van der Waals surface area contributed by atoms with Gasteiger partial charge in [-0.25, -0.2) is 0 Å². The molecule has 2 heteroatoms. The van der Waals surface area contributed by atoms with E-state index in [9.17, 15) is 0 Å². The Kier molecular flexibility index (Phi) is 3.97. The first-order valence-corrected chi connectivity index (χ1v) is 3.27. The molecule has 0 aliphatic carbocycles. The van der Waals surface area contributed by atoms with Gasteiger partial charge in [-0.05, 0) is 5.92 Å². The first-order valence-electron chi connectivity index (χ1n) is 3.27. The maximum atomic E-state index is 5.32. The molecule has 0 rings (SSSR count). The van der Waals surface area contributed by atoms with Crippen molar-refractivity contribution >= 4 is 7.41 Å². The summed E-state index contributed by atoms with van der Waals surface area (Å²) in [6.45, 7) is 6.55. The van der Waals surface area contributed by atoms with Crippen molar-refractivity contribution in [3.63, 3.8) is 0 Å². The highest BCUT2D eigenvalue weighted by atomic mass is 14.4. The number of rotatable bonds is 3. The van der Waals surface area contributed by atoms with E-state index in [-0.39, 0.29) is 0 Å². The van der Waals surface area contributed by atoms with Crippen molar-refractivity contribution in [2.75, 3.05) is 0 Å². The second-order valence-electron chi connectivity index (χ2n) is 2.44. The van der Waals surface area contributed by atoms with Crippen LogP contribution in [0.2, 0.25) is 5.82 Å². The minimum atomic E-state index is 0.569. The summed E-state index contributed by atoms with van der Waals surface area (Å²) in [7, 11) is 1.77. The molecule has 1 nitrogen and oxygen atoms in total. The van der Waals surface area contributed by atoms with Gasteiger partial charge in [0.05, 0.1) is 0 Å². The van der Waals surface area contributed by atoms with Crippen molar-refractivity contribution in [3.8, 4) is 0 Å². The fourth-order valence-corrected chi connectivity index (χ4v) is 0.561. The van der Waals surface area contributed by atoms with Crippen LogP contribution in [0.3, 0.4) is 0 Å². The zero-order chi connectivity index (χ0) is 6.57. The fourth-order valence-electron chi connectivity index (χ4n) is 0.561. The summed E-state index contributed by atoms with van der Waals surface area (Å²) in [6.07, 6.45) is 1.22. The molecule has 0 heterocycles. The normalized spacial score (nSPS) is 17.5. The number of nitrogens with two attached hydrogens (primary N) is 1. The van der Waals surface area contributed by atoms with Crippen molar-refractivity contribution in [3.05, 3.63) is 0 Å². The Morgan fingerprint density at radius 1 is 1.50 bits per heavy atom. The average molecular weight is 112 g/mol. The molecule has 2 N–H and O–H groups in total. The molecule has 0 fully saturated rings. The molecule has 0 saturated carbocycles. The van der Waals surface area contributed by atoms with E-state index >= 15 is 0 Å². The van der Waals surface area contributed by atoms with Gasteiger partial charge in [-0.2, -0.15) is 0 Å². The van der Waals surface area contributed by atoms with Gasteiger partial charge < -0.3 is 5.64 Å². The molecule has 0 aromatic carbocycles. The molecule has 0 amide bonds. The molecule has 47 valence electrons. The Morgan fingerprint density at radius 2 is 2.00 bits per heavy atom. The standard InChI is InChI=1S/C6H15BN/c1-4-5(2)6(3)7-8/h5-6H,4,8H2,1-3H3. The van der Waals surface area contributed by atoms with Gasteiger partial charge in [-0.3, -0.25) is 0 Å². The van der Waals surface area contributed by atoms with E-state index in [4.69, 9.17) is 5.64 Å². The predicted molar refractivity (Wildman–Crippen MR) is 38.8 cm³/mol. The number of hydrogen-bond donors (Lipinski definition) is 1. The Morgan fingerprint density at radius 3 is 2.12 bits per heavy atom. The zero-order valence-corrected chi connectivity index (χ0v) is 6.02. The van der Waals surface area contributed by atoms with Crippen LogP contribution in [-0.2, 0) is 0 Å². The Hall–Kier alpha value is 0.0249. The molecule has 0 aromatic heterocycles. The SMILES string of the molecule is CCC(C)C(C)[B]N. The highest BCUT2D eigenvalue weighted by molar-refractivity contribution is 6.33. The number of hydrogen-bond acceptors (Lipinski definition) is 1. The van der Waals surface area contributed by atoms with Gasteiger partial charge in [0.1, 0.15) is 0 Å². The van der Waals surface area contributed by atoms with Crippen LogP contribution in [0, 0.1) is 5.92 Å². The third-order valence-electron chi connectivity index (χ3n) is 1.85. The molecule has 0 spiro atoms. The van der Waals surface area contributed by atoms with Crippen LogP contribution in [-0.4, -0.2) is 7.41 Å². The molecule has 0 aromatic rings. The van der Waals surface area contributed by atoms with Crippen LogP contribution in [0.15, 0.2) is 0 Å². The van der Waals surface area contributed by atoms with Crippen LogP contribution in [0.1, 0.15) is 27.2 Å². The third-order valence-corrected chi connectivity index (χ3v) is 1.85. The van der Waals surface area contributed by atoms with Gasteiger partial charge in [0, 0.05) is 0 Å². The molecule has 0 aliphatic heterocycles. The lowest BCUT2D eigenvalue weighted by Gasteiger charge is -2.13. The highest BCUT2D eigenvalue weighted by Crippen LogP contribution is 2.16. The predicted octanol–water partition coefficient (Wildman–Crippen LogP) is 1.42. The Labute approximate surface area is 52.9 Å². The van der Waals surface area contributed by atoms with E-state index in [2.05, 4.69) is 20.8 Å². The first-order chi connectivity index (χ1) is 3.72. The van der Waals surface area contributed by atoms with Gasteiger partial charge in [-0.1, -0.05) is 33.0 Å². The average Bonchev–Trinajstić information content (AvgIpc) is 1.84. The molecule has 0 bridgehead atoms. The van der Waals surface area contributed by atoms with Gasteiger partial charge in [0.25, 0.3) is 0 Å². The van der Waals surface area contributed by atoms with Crippen molar-refractivity contribution in [1.82, 2.24) is 0 Å². The van der Waals surface area contributed by atoms with Gasteiger partial charge >= 0.3 is 0 Å². The van der Waals surface area contributed by atoms with Crippen LogP contribution in [0.25, 0.3) is 0 Å². The lowest BCUT2D eigenvalue weighted by molar-refractivity contribution is 0.539. The lowest BCUT2D eigenvalue weighted by atomic mass is 9.70. The van der Waals surface area contributed by atoms with Gasteiger partial charge in [0.15, 0.2) is 0 Å². The minimum absolute atomic E-state index is 0.569. The Bertz CT molecular complexity index is 48.5. The van der Waals surface area contributed by atoms with Crippen molar-refractivity contribution < 1.29 is 0 Å². The summed E-state index contributed by atoms with van der Waals surface area (Å²) in [6, 6.07) is 0. The van der Waals surface area contributed by atoms with Crippen molar-refractivity contribution in [2.45, 2.75) is 33.0 Å². The second kappa shape index (κ2) is 3.96. The molecule has 2 atom stereocenters. The summed E-state index contributed by atoms with van der Waals surface area (Å²) in [5.41, 5.74) is 5.32. The van der Waals surface area contributed by atoms with Crippen LogP contribution in [0.4, 0.5) is 0 Å². The van der Waals surface area contributed by atoms with E-state index in [0.717, 1.165) is 5.92 Å². The van der Waals surface area contributed by atoms with E-state index in [0.29, 0.717) is 5.82 Å². The van der Waals surface area contributed by atoms with E-state index in [1.54, 1.807) is 7.41 Å². The third kappa shape index (κ3) is 2.36. The quantitative estimate of drug-likeness (QED) is 0.549. The van der Waals surface area contributed by atoms with E-state index in [1.807, 2.05) is 0 Å². The van der Waals surface area contributed by atoms with E-state index < -0.39 is 0 Å². The maximum Gasteiger partial charge on any atom is 0.205 e. The molecule has 0 saturated heterocycles. The second-order valence-corrected chi connectivity index (χ2v) is 2.44. The lowest BCUT2D eigenvalue weighted by Crippen LogP contribution is -2.16. The molecule has 1 radical (unpaired) electrons. The van der Waals surface area contributed by atoms with Crippen LogP contribution < -0.4 is 5.64 Å². The monoisotopic (exact) mass is 112 g/mol. The smallest absolute Gasteiger partial charge is 0.205 e. The highest BCUT2D eigenvalue weighted by Gasteiger charge is 2.07. The minimum Gasteiger partial charge on any atom is -0.374 e. The van der Waals surface area contributed by atoms with Crippen LogP contribution in [0.5, 0.6) is 0 Å².